The molecular weight excluding hydrogens is 352 g/mol. The number of rotatable bonds is 5. The summed E-state index contributed by atoms with van der Waals surface area (Å²) in [7, 11) is 0. The molecule has 3 heterocycles. The molecule has 1 N–H and O–H groups in total. The smallest absolute Gasteiger partial charge is 0.251 e. The van der Waals surface area contributed by atoms with Crippen LogP contribution in [0.2, 0.25) is 0 Å². The molecule has 0 radical (unpaired) electrons. The normalized spacial score (nSPS) is 33.2. The van der Waals surface area contributed by atoms with E-state index in [-0.39, 0.29) is 17.6 Å². The van der Waals surface area contributed by atoms with Crippen LogP contribution in [0.25, 0.3) is 0 Å². The molecule has 28 heavy (non-hydrogen) atoms. The molecule has 2 amide bonds. The lowest BCUT2D eigenvalue weighted by Crippen LogP contribution is -2.41. The molecule has 3 saturated heterocycles. The van der Waals surface area contributed by atoms with Crippen LogP contribution in [0.4, 0.5) is 0 Å². The van der Waals surface area contributed by atoms with E-state index in [9.17, 15) is 9.59 Å². The van der Waals surface area contributed by atoms with E-state index in [1.54, 1.807) is 0 Å². The van der Waals surface area contributed by atoms with Crippen LogP contribution >= 0.6 is 0 Å². The fourth-order valence-electron chi connectivity index (χ4n) is 5.55. The minimum atomic E-state index is -0.153. The number of amides is 2. The van der Waals surface area contributed by atoms with Crippen LogP contribution < -0.4 is 5.32 Å². The number of fused-ring (bicyclic) bond motifs is 1. The summed E-state index contributed by atoms with van der Waals surface area (Å²) in [6.07, 6.45) is 5.45. The summed E-state index contributed by atoms with van der Waals surface area (Å²) in [5.74, 6) is 1.57. The highest BCUT2D eigenvalue weighted by Crippen LogP contribution is 2.54. The Labute approximate surface area is 166 Å². The average molecular weight is 383 g/mol. The van der Waals surface area contributed by atoms with E-state index >= 15 is 0 Å². The van der Waals surface area contributed by atoms with E-state index in [0.717, 1.165) is 37.1 Å². The van der Waals surface area contributed by atoms with Crippen molar-refractivity contribution in [2.24, 2.45) is 17.8 Å². The van der Waals surface area contributed by atoms with Crippen LogP contribution in [0.1, 0.15) is 53.6 Å². The van der Waals surface area contributed by atoms with Crippen LogP contribution in [-0.4, -0.2) is 48.1 Å². The number of carbonyl (C=O) groups excluding carboxylic acids is 2. The molecule has 1 spiro atoms. The van der Waals surface area contributed by atoms with Crippen molar-refractivity contribution < 1.29 is 14.3 Å². The molecule has 4 aliphatic rings. The molecule has 5 heteroatoms. The average Bonchev–Trinajstić information content (AvgIpc) is 3.15. The molecule has 150 valence electrons. The third kappa shape index (κ3) is 3.04. The Morgan fingerprint density at radius 3 is 2.79 bits per heavy atom. The lowest BCUT2D eigenvalue weighted by Gasteiger charge is -2.29. The van der Waals surface area contributed by atoms with Crippen LogP contribution in [-0.2, 0) is 9.53 Å². The van der Waals surface area contributed by atoms with Gasteiger partial charge in [-0.2, -0.15) is 0 Å². The zero-order chi connectivity index (χ0) is 19.5. The first-order chi connectivity index (χ1) is 13.4. The van der Waals surface area contributed by atoms with Gasteiger partial charge in [-0.1, -0.05) is 6.07 Å². The van der Waals surface area contributed by atoms with E-state index < -0.39 is 0 Å². The van der Waals surface area contributed by atoms with E-state index in [2.05, 4.69) is 12.2 Å². The number of carbonyl (C=O) groups is 2. The Morgan fingerprint density at radius 2 is 2.04 bits per heavy atom. The monoisotopic (exact) mass is 382 g/mol. The second kappa shape index (κ2) is 6.58. The predicted octanol–water partition coefficient (Wildman–Crippen LogP) is 2.84. The Kier molecular flexibility index (Phi) is 4.27. The van der Waals surface area contributed by atoms with Gasteiger partial charge in [-0.25, -0.2) is 0 Å². The number of hydrogen-bond acceptors (Lipinski definition) is 3. The molecule has 4 fully saturated rings. The lowest BCUT2D eigenvalue weighted by molar-refractivity contribution is -0.132. The van der Waals surface area contributed by atoms with Gasteiger partial charge in [-0.3, -0.25) is 9.59 Å². The first kappa shape index (κ1) is 18.2. The van der Waals surface area contributed by atoms with Gasteiger partial charge < -0.3 is 15.0 Å². The Hall–Kier alpha value is -1.88. The summed E-state index contributed by atoms with van der Waals surface area (Å²) >= 11 is 0. The summed E-state index contributed by atoms with van der Waals surface area (Å²) in [4.78, 5) is 27.3. The lowest BCUT2D eigenvalue weighted by atomic mass is 9.73. The maximum atomic E-state index is 12.6. The zero-order valence-electron chi connectivity index (χ0n) is 16.9. The molecule has 1 aromatic carbocycles. The highest BCUT2D eigenvalue weighted by atomic mass is 16.5. The van der Waals surface area contributed by atoms with Crippen molar-refractivity contribution in [1.29, 1.82) is 0 Å². The number of nitrogens with one attached hydrogen (secondary N) is 1. The fourth-order valence-corrected chi connectivity index (χ4v) is 5.55. The second-order valence-corrected chi connectivity index (χ2v) is 9.46. The molecule has 4 atom stereocenters. The number of nitrogens with zero attached hydrogens (tertiary/aromatic N) is 1. The highest BCUT2D eigenvalue weighted by molar-refractivity contribution is 5.94. The van der Waals surface area contributed by atoms with E-state index in [0.29, 0.717) is 36.6 Å². The van der Waals surface area contributed by atoms with Crippen LogP contribution in [0, 0.1) is 31.6 Å². The molecule has 5 nitrogen and oxygen atoms in total. The summed E-state index contributed by atoms with van der Waals surface area (Å²) in [5.41, 5.74) is 2.90. The van der Waals surface area contributed by atoms with Gasteiger partial charge in [-0.05, 0) is 68.7 Å². The molecule has 5 rings (SSSR count). The van der Waals surface area contributed by atoms with Crippen molar-refractivity contribution in [2.75, 3.05) is 19.6 Å². The van der Waals surface area contributed by atoms with Crippen LogP contribution in [0.3, 0.4) is 0 Å². The minimum Gasteiger partial charge on any atom is -0.369 e. The van der Waals surface area contributed by atoms with Gasteiger partial charge in [-0.15, -0.1) is 0 Å². The van der Waals surface area contributed by atoms with Gasteiger partial charge >= 0.3 is 0 Å². The van der Waals surface area contributed by atoms with E-state index in [1.165, 1.54) is 18.4 Å². The Morgan fingerprint density at radius 1 is 1.21 bits per heavy atom. The zero-order valence-corrected chi connectivity index (χ0v) is 16.9. The van der Waals surface area contributed by atoms with Gasteiger partial charge in [0.1, 0.15) is 0 Å². The fraction of sp³-hybridized carbons (Fsp3) is 0.652. The number of aryl methyl sites for hydroxylation is 2. The highest BCUT2D eigenvalue weighted by Gasteiger charge is 2.63. The largest absolute Gasteiger partial charge is 0.369 e. The van der Waals surface area contributed by atoms with Crippen molar-refractivity contribution >= 4 is 11.8 Å². The predicted molar refractivity (Wildman–Crippen MR) is 106 cm³/mol. The number of benzene rings is 1. The molecular formula is C23H30N2O3. The first-order valence-electron chi connectivity index (χ1n) is 10.8. The van der Waals surface area contributed by atoms with Gasteiger partial charge in [0.2, 0.25) is 5.91 Å². The third-order valence-corrected chi connectivity index (χ3v) is 7.56. The number of ether oxygens (including phenoxy) is 1. The summed E-state index contributed by atoms with van der Waals surface area (Å²) in [6.45, 7) is 6.27. The molecule has 0 unspecified atom stereocenters. The molecule has 0 aromatic heterocycles. The van der Waals surface area contributed by atoms with E-state index in [1.807, 2.05) is 30.0 Å². The number of likely N-dealkylation sites (tertiary alicyclic amines) is 1. The maximum absolute atomic E-state index is 12.6. The maximum Gasteiger partial charge on any atom is 0.251 e. The van der Waals surface area contributed by atoms with E-state index in [4.69, 9.17) is 4.74 Å². The molecule has 1 saturated carbocycles. The van der Waals surface area contributed by atoms with Gasteiger partial charge in [0.25, 0.3) is 5.91 Å². The first-order valence-corrected chi connectivity index (χ1v) is 10.8. The van der Waals surface area contributed by atoms with Gasteiger partial charge in [0, 0.05) is 36.9 Å². The number of hydrogen-bond donors (Lipinski definition) is 1. The van der Waals surface area contributed by atoms with Crippen LogP contribution in [0.5, 0.6) is 0 Å². The minimum absolute atomic E-state index is 0.0143. The topological polar surface area (TPSA) is 58.6 Å². The summed E-state index contributed by atoms with van der Waals surface area (Å²) in [5, 5.41) is 3.15. The van der Waals surface area contributed by atoms with Crippen molar-refractivity contribution in [3.8, 4) is 0 Å². The molecule has 2 bridgehead atoms. The second-order valence-electron chi connectivity index (χ2n) is 9.46. The molecule has 3 aliphatic heterocycles. The van der Waals surface area contributed by atoms with Crippen molar-refractivity contribution in [2.45, 2.75) is 57.7 Å². The Bertz CT molecular complexity index is 818. The molecule has 1 aromatic rings. The quantitative estimate of drug-likeness (QED) is 0.852. The van der Waals surface area contributed by atoms with Gasteiger partial charge in [0.15, 0.2) is 0 Å². The SMILES string of the molecule is Cc1ccc(C(=O)NC[C@H]2[C@H]3CN(C(=O)CC4CC4)C[C@]34CC[C@H]2O4)cc1C. The Balaban J connectivity index is 1.24. The van der Waals surface area contributed by atoms with Gasteiger partial charge in [0.05, 0.1) is 18.2 Å². The third-order valence-electron chi connectivity index (χ3n) is 7.56. The molecule has 1 aliphatic carbocycles. The van der Waals surface area contributed by atoms with Crippen molar-refractivity contribution in [3.05, 3.63) is 34.9 Å². The van der Waals surface area contributed by atoms with Crippen molar-refractivity contribution in [1.82, 2.24) is 10.2 Å². The van der Waals surface area contributed by atoms with Crippen LogP contribution in [0.15, 0.2) is 18.2 Å². The summed E-state index contributed by atoms with van der Waals surface area (Å²) in [6, 6.07) is 5.85. The van der Waals surface area contributed by atoms with Crippen molar-refractivity contribution in [3.63, 3.8) is 0 Å². The summed E-state index contributed by atoms with van der Waals surface area (Å²) < 4.78 is 6.43. The standard InChI is InChI=1S/C23H30N2O3/c1-14-3-6-17(9-15(14)2)22(27)24-11-18-19-12-25(21(26)10-16-4-5-16)13-23(19)8-7-20(18)28-23/h3,6,9,16,18-20H,4-5,7-8,10-13H2,1-2H3,(H,24,27)/t18-,19+,20+,23+/m0/s1.